The molecular weight excluding hydrogens is 222 g/mol. The van der Waals surface area contributed by atoms with E-state index in [0.29, 0.717) is 12.6 Å². The minimum atomic E-state index is 0.181. The standard InChI is InChI=1S/C16H25NO/c1-12-9-7-8-10-14(12)15(18)11-17(6)13(2)16(3,4)5/h7-10,13H,11H2,1-6H3. The molecule has 18 heavy (non-hydrogen) atoms. The monoisotopic (exact) mass is 247 g/mol. The van der Waals surface area contributed by atoms with Crippen LogP contribution in [0.3, 0.4) is 0 Å². The summed E-state index contributed by atoms with van der Waals surface area (Å²) in [5.74, 6) is 0.201. The highest BCUT2D eigenvalue weighted by Gasteiger charge is 2.25. The van der Waals surface area contributed by atoms with Crippen molar-refractivity contribution in [3.05, 3.63) is 35.4 Å². The smallest absolute Gasteiger partial charge is 0.177 e. The number of aryl methyl sites for hydroxylation is 1. The van der Waals surface area contributed by atoms with Crippen molar-refractivity contribution >= 4 is 5.78 Å². The number of Topliss-reactive ketones (excluding diaryl/α,β-unsaturated/α-hetero) is 1. The number of rotatable bonds is 4. The van der Waals surface area contributed by atoms with Crippen LogP contribution in [0, 0.1) is 12.3 Å². The Labute approximate surface area is 111 Å². The van der Waals surface area contributed by atoms with Gasteiger partial charge < -0.3 is 0 Å². The van der Waals surface area contributed by atoms with Crippen LogP contribution in [-0.2, 0) is 0 Å². The van der Waals surface area contributed by atoms with Gasteiger partial charge in [-0.1, -0.05) is 45.0 Å². The first kappa shape index (κ1) is 14.9. The Morgan fingerprint density at radius 1 is 1.28 bits per heavy atom. The van der Waals surface area contributed by atoms with Crippen LogP contribution in [0.25, 0.3) is 0 Å². The maximum absolute atomic E-state index is 12.3. The zero-order valence-electron chi connectivity index (χ0n) is 12.4. The SMILES string of the molecule is Cc1ccccc1C(=O)CN(C)C(C)C(C)(C)C. The van der Waals surface area contributed by atoms with Gasteiger partial charge >= 0.3 is 0 Å². The van der Waals surface area contributed by atoms with Gasteiger partial charge in [0, 0.05) is 11.6 Å². The summed E-state index contributed by atoms with van der Waals surface area (Å²) in [7, 11) is 2.02. The minimum absolute atomic E-state index is 0.181. The van der Waals surface area contributed by atoms with E-state index in [4.69, 9.17) is 0 Å². The molecule has 0 heterocycles. The number of carbonyl (C=O) groups is 1. The fourth-order valence-electron chi connectivity index (χ4n) is 2.00. The highest BCUT2D eigenvalue weighted by atomic mass is 16.1. The van der Waals surface area contributed by atoms with Gasteiger partial charge in [-0.25, -0.2) is 0 Å². The lowest BCUT2D eigenvalue weighted by atomic mass is 9.87. The molecule has 0 spiro atoms. The molecule has 0 fully saturated rings. The van der Waals surface area contributed by atoms with E-state index in [1.807, 2.05) is 38.2 Å². The van der Waals surface area contributed by atoms with Crippen LogP contribution in [-0.4, -0.2) is 30.3 Å². The van der Waals surface area contributed by atoms with Gasteiger partial charge in [0.2, 0.25) is 0 Å². The van der Waals surface area contributed by atoms with Crippen molar-refractivity contribution in [2.75, 3.05) is 13.6 Å². The molecule has 1 unspecified atom stereocenters. The Balaban J connectivity index is 2.75. The topological polar surface area (TPSA) is 20.3 Å². The van der Waals surface area contributed by atoms with Gasteiger partial charge in [0.25, 0.3) is 0 Å². The second-order valence-corrected chi connectivity index (χ2v) is 6.20. The predicted molar refractivity (Wildman–Crippen MR) is 77.1 cm³/mol. The number of ketones is 1. The molecule has 2 heteroatoms. The maximum Gasteiger partial charge on any atom is 0.177 e. The van der Waals surface area contributed by atoms with Crippen molar-refractivity contribution in [1.82, 2.24) is 4.90 Å². The Hall–Kier alpha value is -1.15. The summed E-state index contributed by atoms with van der Waals surface area (Å²) in [5.41, 5.74) is 2.07. The van der Waals surface area contributed by atoms with Crippen LogP contribution in [0.4, 0.5) is 0 Å². The first-order valence-electron chi connectivity index (χ1n) is 6.52. The fraction of sp³-hybridized carbons (Fsp3) is 0.562. The van der Waals surface area contributed by atoms with Crippen LogP contribution in [0.1, 0.15) is 43.6 Å². The van der Waals surface area contributed by atoms with Crippen LogP contribution >= 0.6 is 0 Å². The van der Waals surface area contributed by atoms with E-state index in [0.717, 1.165) is 11.1 Å². The highest BCUT2D eigenvalue weighted by molar-refractivity contribution is 5.98. The summed E-state index contributed by atoms with van der Waals surface area (Å²) in [6.45, 7) is 11.2. The number of benzene rings is 1. The van der Waals surface area contributed by atoms with Crippen molar-refractivity contribution in [3.8, 4) is 0 Å². The van der Waals surface area contributed by atoms with Crippen LogP contribution in [0.15, 0.2) is 24.3 Å². The number of nitrogens with zero attached hydrogens (tertiary/aromatic N) is 1. The zero-order valence-corrected chi connectivity index (χ0v) is 12.4. The van der Waals surface area contributed by atoms with E-state index in [-0.39, 0.29) is 11.2 Å². The number of likely N-dealkylation sites (N-methyl/N-ethyl adjacent to an activating group) is 1. The van der Waals surface area contributed by atoms with Crippen molar-refractivity contribution in [3.63, 3.8) is 0 Å². The van der Waals surface area contributed by atoms with Gasteiger partial charge in [-0.05, 0) is 31.9 Å². The Kier molecular flexibility index (Phi) is 4.69. The third-order valence-electron chi connectivity index (χ3n) is 3.75. The van der Waals surface area contributed by atoms with Gasteiger partial charge in [-0.3, -0.25) is 9.69 Å². The van der Waals surface area contributed by atoms with Gasteiger partial charge in [-0.15, -0.1) is 0 Å². The second-order valence-electron chi connectivity index (χ2n) is 6.20. The third-order valence-corrected chi connectivity index (χ3v) is 3.75. The zero-order chi connectivity index (χ0) is 13.9. The molecule has 0 aromatic heterocycles. The summed E-state index contributed by atoms with van der Waals surface area (Å²) in [4.78, 5) is 14.4. The number of hydrogen-bond donors (Lipinski definition) is 0. The summed E-state index contributed by atoms with van der Waals surface area (Å²) in [6.07, 6.45) is 0. The molecule has 0 bridgehead atoms. The van der Waals surface area contributed by atoms with E-state index in [2.05, 4.69) is 32.6 Å². The largest absolute Gasteiger partial charge is 0.296 e. The van der Waals surface area contributed by atoms with Crippen molar-refractivity contribution in [1.29, 1.82) is 0 Å². The van der Waals surface area contributed by atoms with E-state index in [1.165, 1.54) is 0 Å². The average Bonchev–Trinajstić information content (AvgIpc) is 2.27. The molecule has 0 saturated carbocycles. The first-order valence-corrected chi connectivity index (χ1v) is 6.52. The molecule has 1 atom stereocenters. The fourth-order valence-corrected chi connectivity index (χ4v) is 2.00. The van der Waals surface area contributed by atoms with E-state index in [9.17, 15) is 4.79 Å². The molecule has 100 valence electrons. The molecule has 0 N–H and O–H groups in total. The second kappa shape index (κ2) is 5.66. The van der Waals surface area contributed by atoms with Crippen molar-refractivity contribution in [2.24, 2.45) is 5.41 Å². The lowest BCUT2D eigenvalue weighted by molar-refractivity contribution is 0.0853. The molecule has 1 rings (SSSR count). The predicted octanol–water partition coefficient (Wildman–Crippen LogP) is 3.54. The van der Waals surface area contributed by atoms with E-state index in [1.54, 1.807) is 0 Å². The van der Waals surface area contributed by atoms with Crippen molar-refractivity contribution < 1.29 is 4.79 Å². The lowest BCUT2D eigenvalue weighted by Gasteiger charge is -2.35. The number of carbonyl (C=O) groups excluding carboxylic acids is 1. The molecule has 1 aromatic carbocycles. The minimum Gasteiger partial charge on any atom is -0.296 e. The molecule has 0 amide bonds. The first-order chi connectivity index (χ1) is 8.23. The maximum atomic E-state index is 12.3. The van der Waals surface area contributed by atoms with Gasteiger partial charge in [-0.2, -0.15) is 0 Å². The van der Waals surface area contributed by atoms with Crippen LogP contribution < -0.4 is 0 Å². The van der Waals surface area contributed by atoms with Crippen molar-refractivity contribution in [2.45, 2.75) is 40.7 Å². The van der Waals surface area contributed by atoms with Gasteiger partial charge in [0.1, 0.15) is 0 Å². The Morgan fingerprint density at radius 2 is 1.83 bits per heavy atom. The molecule has 0 aliphatic rings. The molecule has 0 radical (unpaired) electrons. The molecule has 1 aromatic rings. The Morgan fingerprint density at radius 3 is 2.33 bits per heavy atom. The molecular formula is C16H25NO. The van der Waals surface area contributed by atoms with Crippen LogP contribution in [0.2, 0.25) is 0 Å². The third kappa shape index (κ3) is 3.67. The quantitative estimate of drug-likeness (QED) is 0.758. The van der Waals surface area contributed by atoms with Gasteiger partial charge in [0.05, 0.1) is 6.54 Å². The average molecular weight is 247 g/mol. The molecule has 0 aliphatic carbocycles. The molecule has 0 saturated heterocycles. The highest BCUT2D eigenvalue weighted by Crippen LogP contribution is 2.23. The molecule has 2 nitrogen and oxygen atoms in total. The van der Waals surface area contributed by atoms with Crippen LogP contribution in [0.5, 0.6) is 0 Å². The summed E-state index contributed by atoms with van der Waals surface area (Å²) < 4.78 is 0. The number of hydrogen-bond acceptors (Lipinski definition) is 2. The normalized spacial score (nSPS) is 13.7. The Bertz CT molecular complexity index is 417. The lowest BCUT2D eigenvalue weighted by Crippen LogP contribution is -2.42. The summed E-state index contributed by atoms with van der Waals surface area (Å²) in [5, 5.41) is 0. The van der Waals surface area contributed by atoms with E-state index < -0.39 is 0 Å². The van der Waals surface area contributed by atoms with Gasteiger partial charge in [0.15, 0.2) is 5.78 Å². The molecule has 0 aliphatic heterocycles. The summed E-state index contributed by atoms with van der Waals surface area (Å²) in [6, 6.07) is 8.15. The van der Waals surface area contributed by atoms with E-state index >= 15 is 0 Å². The summed E-state index contributed by atoms with van der Waals surface area (Å²) >= 11 is 0.